The van der Waals surface area contributed by atoms with E-state index in [1.807, 2.05) is 13.0 Å². The molecule has 0 saturated carbocycles. The summed E-state index contributed by atoms with van der Waals surface area (Å²) in [5.74, 6) is 1.24. The molecule has 2 nitrogen and oxygen atoms in total. The standard InChI is InChI=1S/C15H25O2P/c1-8-13(17-7)11(2)18-14(3,4)9-12(16)10-15(18,5)6/h8H,2,9-10H2,1,3-7H3/b13-8+. The Morgan fingerprint density at radius 3 is 2.06 bits per heavy atom. The minimum atomic E-state index is -0.506. The molecular formula is C15H25O2P. The molecule has 18 heavy (non-hydrogen) atoms. The summed E-state index contributed by atoms with van der Waals surface area (Å²) in [7, 11) is 1.18. The predicted octanol–water partition coefficient (Wildman–Crippen LogP) is 4.45. The van der Waals surface area contributed by atoms with Crippen molar-refractivity contribution >= 4 is 13.7 Å². The van der Waals surface area contributed by atoms with Crippen molar-refractivity contribution in [2.45, 2.75) is 57.8 Å². The number of rotatable bonds is 3. The lowest BCUT2D eigenvalue weighted by atomic mass is 9.96. The molecule has 0 N–H and O–H groups in total. The number of hydrogen-bond donors (Lipinski definition) is 0. The molecule has 0 aromatic heterocycles. The van der Waals surface area contributed by atoms with Crippen molar-refractivity contribution in [1.29, 1.82) is 0 Å². The van der Waals surface area contributed by atoms with Gasteiger partial charge < -0.3 is 4.74 Å². The summed E-state index contributed by atoms with van der Waals surface area (Å²) in [6, 6.07) is 0. The molecule has 1 rings (SSSR count). The summed E-state index contributed by atoms with van der Waals surface area (Å²) in [5.41, 5.74) is 0. The fraction of sp³-hybridized carbons (Fsp3) is 0.667. The van der Waals surface area contributed by atoms with Gasteiger partial charge in [0.25, 0.3) is 0 Å². The number of allylic oxidation sites excluding steroid dienone is 2. The Morgan fingerprint density at radius 2 is 1.72 bits per heavy atom. The SMILES string of the molecule is C=C(/C(=C\C)OC)P1C(C)(C)CC(=O)CC1(C)C. The van der Waals surface area contributed by atoms with Gasteiger partial charge in [0.1, 0.15) is 11.5 Å². The van der Waals surface area contributed by atoms with Gasteiger partial charge in [0.05, 0.1) is 7.11 Å². The highest BCUT2D eigenvalue weighted by Gasteiger charge is 2.48. The topological polar surface area (TPSA) is 26.3 Å². The van der Waals surface area contributed by atoms with E-state index in [9.17, 15) is 4.79 Å². The lowest BCUT2D eigenvalue weighted by Crippen LogP contribution is -2.40. The Balaban J connectivity index is 3.18. The van der Waals surface area contributed by atoms with Gasteiger partial charge in [-0.3, -0.25) is 4.79 Å². The predicted molar refractivity (Wildman–Crippen MR) is 79.2 cm³/mol. The highest BCUT2D eigenvalue weighted by atomic mass is 31.1. The number of carbonyl (C=O) groups is 1. The Bertz CT molecular complexity index is 371. The quantitative estimate of drug-likeness (QED) is 0.429. The van der Waals surface area contributed by atoms with E-state index in [0.717, 1.165) is 11.1 Å². The van der Waals surface area contributed by atoms with Gasteiger partial charge in [0.2, 0.25) is 0 Å². The fourth-order valence-electron chi connectivity index (χ4n) is 3.25. The Labute approximate surface area is 112 Å². The van der Waals surface area contributed by atoms with Crippen molar-refractivity contribution in [3.05, 3.63) is 23.7 Å². The molecule has 1 aliphatic rings. The number of ketones is 1. The van der Waals surface area contributed by atoms with Gasteiger partial charge in [-0.15, -0.1) is 0 Å². The second kappa shape index (κ2) is 5.17. The molecular weight excluding hydrogens is 243 g/mol. The van der Waals surface area contributed by atoms with Crippen LogP contribution in [0, 0.1) is 0 Å². The molecule has 0 unspecified atom stereocenters. The summed E-state index contributed by atoms with van der Waals surface area (Å²) in [4.78, 5) is 11.9. The first-order valence-corrected chi connectivity index (χ1v) is 7.71. The van der Waals surface area contributed by atoms with Crippen LogP contribution in [0.3, 0.4) is 0 Å². The zero-order valence-electron chi connectivity index (χ0n) is 12.5. The monoisotopic (exact) mass is 268 g/mol. The molecule has 1 heterocycles. The third-order valence-corrected chi connectivity index (χ3v) is 7.00. The first-order valence-electron chi connectivity index (χ1n) is 6.37. The van der Waals surface area contributed by atoms with Crippen molar-refractivity contribution in [1.82, 2.24) is 0 Å². The van der Waals surface area contributed by atoms with Crippen molar-refractivity contribution in [3.63, 3.8) is 0 Å². The molecule has 0 bridgehead atoms. The van der Waals surface area contributed by atoms with Crippen LogP contribution in [-0.4, -0.2) is 23.2 Å². The van der Waals surface area contributed by atoms with Crippen LogP contribution in [0.5, 0.6) is 0 Å². The van der Waals surface area contributed by atoms with Crippen molar-refractivity contribution in [3.8, 4) is 0 Å². The number of hydrogen-bond acceptors (Lipinski definition) is 2. The van der Waals surface area contributed by atoms with E-state index in [1.165, 1.54) is 0 Å². The molecule has 1 fully saturated rings. The number of carbonyl (C=O) groups excluding carboxylic acids is 1. The molecule has 0 spiro atoms. The summed E-state index contributed by atoms with van der Waals surface area (Å²) >= 11 is 0. The van der Waals surface area contributed by atoms with E-state index in [2.05, 4.69) is 34.3 Å². The molecule has 102 valence electrons. The third-order valence-electron chi connectivity index (χ3n) is 3.51. The van der Waals surface area contributed by atoms with E-state index >= 15 is 0 Å². The molecule has 0 aromatic carbocycles. The molecule has 0 amide bonds. The van der Waals surface area contributed by atoms with Crippen molar-refractivity contribution < 1.29 is 9.53 Å². The first-order chi connectivity index (χ1) is 8.15. The molecule has 1 aliphatic heterocycles. The zero-order valence-corrected chi connectivity index (χ0v) is 13.4. The Kier molecular flexibility index (Phi) is 4.43. The van der Waals surface area contributed by atoms with E-state index in [4.69, 9.17) is 4.74 Å². The second-order valence-corrected chi connectivity index (χ2v) is 9.79. The van der Waals surface area contributed by atoms with Gasteiger partial charge in [-0.05, 0) is 23.3 Å². The highest BCUT2D eigenvalue weighted by molar-refractivity contribution is 7.65. The average molecular weight is 268 g/mol. The van der Waals surface area contributed by atoms with Gasteiger partial charge in [-0.1, -0.05) is 42.2 Å². The van der Waals surface area contributed by atoms with Crippen LogP contribution in [0.4, 0.5) is 0 Å². The minimum absolute atomic E-state index is 0.00194. The van der Waals surface area contributed by atoms with Crippen LogP contribution >= 0.6 is 7.92 Å². The largest absolute Gasteiger partial charge is 0.496 e. The van der Waals surface area contributed by atoms with Crippen LogP contribution < -0.4 is 0 Å². The van der Waals surface area contributed by atoms with Gasteiger partial charge >= 0.3 is 0 Å². The van der Waals surface area contributed by atoms with Crippen LogP contribution in [0.15, 0.2) is 23.7 Å². The molecule has 0 aliphatic carbocycles. The molecule has 0 radical (unpaired) electrons. The summed E-state index contributed by atoms with van der Waals surface area (Å²) in [6.45, 7) is 15.0. The smallest absolute Gasteiger partial charge is 0.134 e. The molecule has 1 saturated heterocycles. The maximum Gasteiger partial charge on any atom is 0.134 e. The van der Waals surface area contributed by atoms with Gasteiger partial charge in [0.15, 0.2) is 0 Å². The van der Waals surface area contributed by atoms with E-state index in [-0.39, 0.29) is 10.3 Å². The third kappa shape index (κ3) is 2.85. The van der Waals surface area contributed by atoms with Crippen LogP contribution in [-0.2, 0) is 9.53 Å². The van der Waals surface area contributed by atoms with Crippen LogP contribution in [0.25, 0.3) is 0 Å². The van der Waals surface area contributed by atoms with E-state index < -0.39 is 7.92 Å². The summed E-state index contributed by atoms with van der Waals surface area (Å²) < 4.78 is 5.42. The van der Waals surface area contributed by atoms with Crippen LogP contribution in [0.2, 0.25) is 0 Å². The second-order valence-electron chi connectivity index (χ2n) is 6.16. The van der Waals surface area contributed by atoms with Crippen molar-refractivity contribution in [2.24, 2.45) is 0 Å². The lowest BCUT2D eigenvalue weighted by Gasteiger charge is -2.49. The van der Waals surface area contributed by atoms with E-state index in [1.54, 1.807) is 7.11 Å². The molecule has 0 aromatic rings. The first kappa shape index (κ1) is 15.4. The van der Waals surface area contributed by atoms with E-state index in [0.29, 0.717) is 18.6 Å². The maximum absolute atomic E-state index is 11.9. The van der Waals surface area contributed by atoms with Gasteiger partial charge in [0, 0.05) is 18.2 Å². The van der Waals surface area contributed by atoms with Crippen molar-refractivity contribution in [2.75, 3.05) is 7.11 Å². The number of Topliss-reactive ketones (excluding diaryl/α,β-unsaturated/α-hetero) is 1. The molecule has 3 heteroatoms. The van der Waals surface area contributed by atoms with Gasteiger partial charge in [-0.25, -0.2) is 0 Å². The lowest BCUT2D eigenvalue weighted by molar-refractivity contribution is -0.120. The Hall–Kier alpha value is -0.620. The summed E-state index contributed by atoms with van der Waals surface area (Å²) in [5, 5.41) is 1.08. The van der Waals surface area contributed by atoms with Crippen LogP contribution in [0.1, 0.15) is 47.5 Å². The molecule has 0 atom stereocenters. The number of methoxy groups -OCH3 is 1. The fourth-order valence-corrected chi connectivity index (χ4v) is 7.46. The summed E-state index contributed by atoms with van der Waals surface area (Å²) in [6.07, 6.45) is 3.27. The highest BCUT2D eigenvalue weighted by Crippen LogP contribution is 2.70. The maximum atomic E-state index is 11.9. The van der Waals surface area contributed by atoms with Gasteiger partial charge in [-0.2, -0.15) is 0 Å². The average Bonchev–Trinajstić information content (AvgIpc) is 2.14. The normalized spacial score (nSPS) is 23.9. The minimum Gasteiger partial charge on any atom is -0.496 e. The number of ether oxygens (including phenoxy) is 1. The zero-order chi connectivity index (χ0) is 14.1. The Morgan fingerprint density at radius 1 is 1.28 bits per heavy atom.